The maximum atomic E-state index is 13.0. The van der Waals surface area contributed by atoms with E-state index in [1.54, 1.807) is 12.1 Å². The van der Waals surface area contributed by atoms with Crippen LogP contribution in [0.3, 0.4) is 0 Å². The molecule has 4 rings (SSSR count). The van der Waals surface area contributed by atoms with Gasteiger partial charge in [0, 0.05) is 31.0 Å². The van der Waals surface area contributed by atoms with Crippen LogP contribution in [0.25, 0.3) is 0 Å². The Morgan fingerprint density at radius 2 is 1.72 bits per heavy atom. The standard InChI is InChI=1S/C20H25FN2O2/c21-15-6-4-13(5-7-15)17-12-18(17)20(25)23-10-8-16(9-11-23)22-19(24)14-2-1-3-14/h4-7,14,16-18H,1-3,8-12H2,(H,22,24). The molecule has 0 spiro atoms. The van der Waals surface area contributed by atoms with Crippen LogP contribution in [0.2, 0.25) is 0 Å². The van der Waals surface area contributed by atoms with Crippen LogP contribution in [0.1, 0.15) is 50.0 Å². The van der Waals surface area contributed by atoms with Crippen LogP contribution in [-0.4, -0.2) is 35.8 Å². The van der Waals surface area contributed by atoms with Gasteiger partial charge in [-0.25, -0.2) is 4.39 Å². The van der Waals surface area contributed by atoms with E-state index in [0.29, 0.717) is 0 Å². The van der Waals surface area contributed by atoms with E-state index in [1.807, 2.05) is 4.90 Å². The van der Waals surface area contributed by atoms with E-state index >= 15 is 0 Å². The van der Waals surface area contributed by atoms with Gasteiger partial charge in [-0.05, 0) is 55.7 Å². The second-order valence-electron chi connectivity index (χ2n) is 7.74. The van der Waals surface area contributed by atoms with Crippen molar-refractivity contribution in [2.75, 3.05) is 13.1 Å². The fraction of sp³-hybridized carbons (Fsp3) is 0.600. The van der Waals surface area contributed by atoms with Crippen molar-refractivity contribution in [2.45, 2.75) is 50.5 Å². The highest BCUT2D eigenvalue weighted by Gasteiger charge is 2.46. The lowest BCUT2D eigenvalue weighted by molar-refractivity contribution is -0.134. The minimum absolute atomic E-state index is 0.0478. The van der Waals surface area contributed by atoms with Gasteiger partial charge >= 0.3 is 0 Å². The van der Waals surface area contributed by atoms with Gasteiger partial charge in [-0.15, -0.1) is 0 Å². The number of hydrogen-bond donors (Lipinski definition) is 1. The number of carbonyl (C=O) groups excluding carboxylic acids is 2. The number of nitrogens with zero attached hydrogens (tertiary/aromatic N) is 1. The Hall–Kier alpha value is -1.91. The molecule has 0 radical (unpaired) electrons. The van der Waals surface area contributed by atoms with Gasteiger partial charge in [0.15, 0.2) is 0 Å². The molecule has 1 aliphatic heterocycles. The Balaban J connectivity index is 1.24. The predicted octanol–water partition coefficient (Wildman–Crippen LogP) is 2.84. The first kappa shape index (κ1) is 16.6. The molecule has 1 saturated heterocycles. The zero-order valence-electron chi connectivity index (χ0n) is 14.4. The molecular weight excluding hydrogens is 319 g/mol. The van der Waals surface area contributed by atoms with Crippen LogP contribution >= 0.6 is 0 Å². The van der Waals surface area contributed by atoms with Crippen molar-refractivity contribution < 1.29 is 14.0 Å². The van der Waals surface area contributed by atoms with E-state index in [-0.39, 0.29) is 41.4 Å². The number of hydrogen-bond acceptors (Lipinski definition) is 2. The molecule has 1 N–H and O–H groups in total. The average Bonchev–Trinajstić information content (AvgIpc) is 3.34. The molecule has 1 aromatic rings. The predicted molar refractivity (Wildman–Crippen MR) is 92.3 cm³/mol. The molecule has 25 heavy (non-hydrogen) atoms. The van der Waals surface area contributed by atoms with E-state index in [1.165, 1.54) is 18.6 Å². The fourth-order valence-corrected chi connectivity index (χ4v) is 4.01. The maximum absolute atomic E-state index is 13.0. The molecule has 1 aromatic carbocycles. The molecule has 2 unspecified atom stereocenters. The van der Waals surface area contributed by atoms with Crippen LogP contribution in [-0.2, 0) is 9.59 Å². The molecule has 4 nitrogen and oxygen atoms in total. The molecule has 2 atom stereocenters. The van der Waals surface area contributed by atoms with Gasteiger partial charge in [-0.1, -0.05) is 18.6 Å². The summed E-state index contributed by atoms with van der Waals surface area (Å²) < 4.78 is 13.0. The number of carbonyl (C=O) groups is 2. The van der Waals surface area contributed by atoms with E-state index in [4.69, 9.17) is 0 Å². The molecular formula is C20H25FN2O2. The van der Waals surface area contributed by atoms with Crippen LogP contribution < -0.4 is 5.32 Å². The number of benzene rings is 1. The van der Waals surface area contributed by atoms with Crippen molar-refractivity contribution in [3.05, 3.63) is 35.6 Å². The number of amides is 2. The summed E-state index contributed by atoms with van der Waals surface area (Å²) in [5.41, 5.74) is 1.06. The summed E-state index contributed by atoms with van der Waals surface area (Å²) in [7, 11) is 0. The largest absolute Gasteiger partial charge is 0.353 e. The number of likely N-dealkylation sites (tertiary alicyclic amines) is 1. The lowest BCUT2D eigenvalue weighted by Gasteiger charge is -2.34. The monoisotopic (exact) mass is 344 g/mol. The lowest BCUT2D eigenvalue weighted by atomic mass is 9.84. The Labute approximate surface area is 147 Å². The van der Waals surface area contributed by atoms with Gasteiger partial charge < -0.3 is 10.2 Å². The van der Waals surface area contributed by atoms with Crippen LogP contribution in [0.15, 0.2) is 24.3 Å². The third kappa shape index (κ3) is 3.55. The second-order valence-corrected chi connectivity index (χ2v) is 7.74. The summed E-state index contributed by atoms with van der Waals surface area (Å²) in [6, 6.07) is 6.71. The Morgan fingerprint density at radius 1 is 1.04 bits per heavy atom. The van der Waals surface area contributed by atoms with E-state index in [2.05, 4.69) is 5.32 Å². The summed E-state index contributed by atoms with van der Waals surface area (Å²) in [4.78, 5) is 26.6. The summed E-state index contributed by atoms with van der Waals surface area (Å²) in [6.07, 6.45) is 5.77. The fourth-order valence-electron chi connectivity index (χ4n) is 4.01. The molecule has 0 aromatic heterocycles. The third-order valence-electron chi connectivity index (χ3n) is 6.03. The van der Waals surface area contributed by atoms with Crippen molar-refractivity contribution in [3.63, 3.8) is 0 Å². The van der Waals surface area contributed by atoms with Crippen molar-refractivity contribution in [1.29, 1.82) is 0 Å². The lowest BCUT2D eigenvalue weighted by Crippen LogP contribution is -2.48. The molecule has 5 heteroatoms. The highest BCUT2D eigenvalue weighted by Crippen LogP contribution is 2.48. The summed E-state index contributed by atoms with van der Waals surface area (Å²) >= 11 is 0. The molecule has 134 valence electrons. The van der Waals surface area contributed by atoms with Crippen molar-refractivity contribution in [1.82, 2.24) is 10.2 Å². The highest BCUT2D eigenvalue weighted by atomic mass is 19.1. The van der Waals surface area contributed by atoms with E-state index in [0.717, 1.165) is 50.8 Å². The molecule has 0 bridgehead atoms. The number of halogens is 1. The zero-order valence-corrected chi connectivity index (χ0v) is 14.4. The minimum Gasteiger partial charge on any atom is -0.353 e. The van der Waals surface area contributed by atoms with Crippen LogP contribution in [0.5, 0.6) is 0 Å². The first-order valence-electron chi connectivity index (χ1n) is 9.46. The molecule has 2 amide bonds. The second kappa shape index (κ2) is 6.77. The Morgan fingerprint density at radius 3 is 2.32 bits per heavy atom. The van der Waals surface area contributed by atoms with Gasteiger partial charge in [0.1, 0.15) is 5.82 Å². The Bertz CT molecular complexity index is 648. The summed E-state index contributed by atoms with van der Waals surface area (Å²) in [6.45, 7) is 1.45. The molecule has 3 fully saturated rings. The third-order valence-corrected chi connectivity index (χ3v) is 6.03. The first-order valence-corrected chi connectivity index (χ1v) is 9.46. The van der Waals surface area contributed by atoms with Crippen molar-refractivity contribution in [3.8, 4) is 0 Å². The average molecular weight is 344 g/mol. The molecule has 2 saturated carbocycles. The number of rotatable bonds is 4. The summed E-state index contributed by atoms with van der Waals surface area (Å²) in [5.74, 6) is 0.698. The van der Waals surface area contributed by atoms with Gasteiger partial charge in [0.2, 0.25) is 11.8 Å². The first-order chi connectivity index (χ1) is 12.1. The summed E-state index contributed by atoms with van der Waals surface area (Å²) in [5, 5.41) is 3.15. The highest BCUT2D eigenvalue weighted by molar-refractivity contribution is 5.83. The van der Waals surface area contributed by atoms with E-state index < -0.39 is 0 Å². The SMILES string of the molecule is O=C(NC1CCN(C(=O)C2CC2c2ccc(F)cc2)CC1)C1CCC1. The van der Waals surface area contributed by atoms with Crippen LogP contribution in [0, 0.1) is 17.7 Å². The number of piperidine rings is 1. The van der Waals surface area contributed by atoms with Gasteiger partial charge in [0.25, 0.3) is 0 Å². The van der Waals surface area contributed by atoms with Crippen molar-refractivity contribution >= 4 is 11.8 Å². The zero-order chi connectivity index (χ0) is 17.4. The smallest absolute Gasteiger partial charge is 0.226 e. The minimum atomic E-state index is -0.238. The Kier molecular flexibility index (Phi) is 4.48. The van der Waals surface area contributed by atoms with Crippen LogP contribution in [0.4, 0.5) is 4.39 Å². The van der Waals surface area contributed by atoms with E-state index in [9.17, 15) is 14.0 Å². The van der Waals surface area contributed by atoms with Gasteiger partial charge in [-0.3, -0.25) is 9.59 Å². The maximum Gasteiger partial charge on any atom is 0.226 e. The molecule has 2 aliphatic carbocycles. The molecule has 3 aliphatic rings. The van der Waals surface area contributed by atoms with Gasteiger partial charge in [0.05, 0.1) is 0 Å². The topological polar surface area (TPSA) is 49.4 Å². The molecule has 1 heterocycles. The van der Waals surface area contributed by atoms with Crippen molar-refractivity contribution in [2.24, 2.45) is 11.8 Å². The normalized spacial score (nSPS) is 26.8. The quantitative estimate of drug-likeness (QED) is 0.913. The number of nitrogens with one attached hydrogen (secondary N) is 1. The van der Waals surface area contributed by atoms with Gasteiger partial charge in [-0.2, -0.15) is 0 Å².